The molecule has 1 rings (SSSR count). The maximum absolute atomic E-state index is 7.30. The third-order valence-corrected chi connectivity index (χ3v) is 2.04. The molecule has 0 spiro atoms. The van der Waals surface area contributed by atoms with Gasteiger partial charge in [0.2, 0.25) is 5.96 Å². The van der Waals surface area contributed by atoms with Crippen LogP contribution in [0.5, 0.6) is 0 Å². The molecule has 1 aliphatic rings. The van der Waals surface area contributed by atoms with Crippen LogP contribution in [0.15, 0.2) is 4.99 Å². The molecule has 1 aliphatic heterocycles. The molecule has 0 aromatic rings. The number of guanidine groups is 1. The lowest BCUT2D eigenvalue weighted by atomic mass is 10.1. The smallest absolute Gasteiger partial charge is 0.217 e. The van der Waals surface area contributed by atoms with Gasteiger partial charge in [-0.15, -0.1) is 0 Å². The number of nitrogens with one attached hydrogen (secondary N) is 1. The predicted molar refractivity (Wildman–Crippen MR) is 46.3 cm³/mol. The summed E-state index contributed by atoms with van der Waals surface area (Å²) in [6.45, 7) is 5.12. The topological polar surface area (TPSA) is 42.7 Å². The normalized spacial score (nSPS) is 18.3. The number of likely N-dealkylation sites (tertiary alicyclic amines) is 1. The highest BCUT2D eigenvalue weighted by molar-refractivity contribution is 5.81. The fourth-order valence-electron chi connectivity index (χ4n) is 1.05. The largest absolute Gasteiger partial charge is 0.338 e. The first-order chi connectivity index (χ1) is 5.15. The lowest BCUT2D eigenvalue weighted by Crippen LogP contribution is -2.58. The van der Waals surface area contributed by atoms with Crippen molar-refractivity contribution in [3.63, 3.8) is 0 Å². The molecule has 4 nitrogen and oxygen atoms in total. The molecule has 0 unspecified atom stereocenters. The molecular formula is C7H14N4. The lowest BCUT2D eigenvalue weighted by molar-refractivity contribution is 0.122. The highest BCUT2D eigenvalue weighted by Gasteiger charge is 2.29. The summed E-state index contributed by atoms with van der Waals surface area (Å²) in [5, 5.41) is 7.30. The van der Waals surface area contributed by atoms with E-state index < -0.39 is 0 Å². The Morgan fingerprint density at radius 1 is 1.64 bits per heavy atom. The summed E-state index contributed by atoms with van der Waals surface area (Å²) < 4.78 is 0. The van der Waals surface area contributed by atoms with Crippen molar-refractivity contribution in [2.24, 2.45) is 4.99 Å². The second-order valence-electron chi connectivity index (χ2n) is 3.00. The highest BCUT2D eigenvalue weighted by atomic mass is 15.3. The summed E-state index contributed by atoms with van der Waals surface area (Å²) in [4.78, 5) is 7.61. The van der Waals surface area contributed by atoms with E-state index in [2.05, 4.69) is 16.6 Å². The van der Waals surface area contributed by atoms with Crippen LogP contribution in [0, 0.1) is 5.41 Å². The Bertz CT molecular complexity index is 169. The zero-order valence-electron chi connectivity index (χ0n) is 7.04. The van der Waals surface area contributed by atoms with Crippen molar-refractivity contribution in [3.8, 4) is 0 Å². The van der Waals surface area contributed by atoms with Gasteiger partial charge in [-0.1, -0.05) is 0 Å². The van der Waals surface area contributed by atoms with Crippen LogP contribution in [0.1, 0.15) is 0 Å². The van der Waals surface area contributed by atoms with E-state index in [-0.39, 0.29) is 0 Å². The van der Waals surface area contributed by atoms with Crippen molar-refractivity contribution in [2.45, 2.75) is 6.04 Å². The molecule has 1 fully saturated rings. The standard InChI is InChI=1S/C7H14N4/c1-9-7(8)11-4-6(5-11)10(2)3/h6,8H,1,4-5H2,2-3H3. The van der Waals surface area contributed by atoms with Gasteiger partial charge in [-0.3, -0.25) is 5.41 Å². The zero-order valence-corrected chi connectivity index (χ0v) is 7.04. The zero-order chi connectivity index (χ0) is 8.43. The van der Waals surface area contributed by atoms with Crippen LogP contribution in [0.25, 0.3) is 0 Å². The van der Waals surface area contributed by atoms with Crippen LogP contribution in [0.4, 0.5) is 0 Å². The van der Waals surface area contributed by atoms with Crippen molar-refractivity contribution in [2.75, 3.05) is 27.2 Å². The molecule has 1 saturated heterocycles. The van der Waals surface area contributed by atoms with E-state index in [9.17, 15) is 0 Å². The van der Waals surface area contributed by atoms with Crippen LogP contribution >= 0.6 is 0 Å². The first kappa shape index (κ1) is 8.20. The van der Waals surface area contributed by atoms with Gasteiger partial charge in [0, 0.05) is 19.1 Å². The fraction of sp³-hybridized carbons (Fsp3) is 0.714. The molecule has 0 radical (unpaired) electrons. The minimum Gasteiger partial charge on any atom is -0.338 e. The van der Waals surface area contributed by atoms with Gasteiger partial charge in [-0.25, -0.2) is 4.99 Å². The summed E-state index contributed by atoms with van der Waals surface area (Å²) in [6.07, 6.45) is 0. The van der Waals surface area contributed by atoms with Gasteiger partial charge in [-0.2, -0.15) is 0 Å². The molecule has 11 heavy (non-hydrogen) atoms. The van der Waals surface area contributed by atoms with Gasteiger partial charge in [0.05, 0.1) is 0 Å². The quantitative estimate of drug-likeness (QED) is 0.422. The van der Waals surface area contributed by atoms with E-state index in [0.29, 0.717) is 12.0 Å². The molecule has 62 valence electrons. The Kier molecular flexibility index (Phi) is 2.24. The molecule has 1 N–H and O–H groups in total. The number of hydrogen-bond donors (Lipinski definition) is 1. The second kappa shape index (κ2) is 3.00. The van der Waals surface area contributed by atoms with Crippen molar-refractivity contribution in [3.05, 3.63) is 0 Å². The first-order valence-electron chi connectivity index (χ1n) is 3.62. The van der Waals surface area contributed by atoms with E-state index in [4.69, 9.17) is 5.41 Å². The van der Waals surface area contributed by atoms with Crippen LogP contribution in [-0.4, -0.2) is 55.7 Å². The molecule has 0 bridgehead atoms. The van der Waals surface area contributed by atoms with Gasteiger partial charge in [-0.05, 0) is 20.8 Å². The molecule has 0 saturated carbocycles. The van der Waals surface area contributed by atoms with Gasteiger partial charge in [0.25, 0.3) is 0 Å². The molecule has 0 amide bonds. The third-order valence-electron chi connectivity index (χ3n) is 2.04. The minimum atomic E-state index is 0.295. The van der Waals surface area contributed by atoms with E-state index in [0.717, 1.165) is 13.1 Å². The number of aliphatic imine (C=N–C) groups is 1. The third kappa shape index (κ3) is 1.57. The van der Waals surface area contributed by atoms with Crippen molar-refractivity contribution in [1.29, 1.82) is 5.41 Å². The Morgan fingerprint density at radius 3 is 2.55 bits per heavy atom. The SMILES string of the molecule is C=NC(=N)N1CC(N(C)C)C1. The number of nitrogens with zero attached hydrogens (tertiary/aromatic N) is 3. The Morgan fingerprint density at radius 2 is 2.18 bits per heavy atom. The Hall–Kier alpha value is -0.900. The highest BCUT2D eigenvalue weighted by Crippen LogP contribution is 2.11. The van der Waals surface area contributed by atoms with Crippen LogP contribution < -0.4 is 0 Å². The fourth-order valence-corrected chi connectivity index (χ4v) is 1.05. The van der Waals surface area contributed by atoms with E-state index in [1.54, 1.807) is 0 Å². The number of rotatable bonds is 1. The first-order valence-corrected chi connectivity index (χ1v) is 3.62. The minimum absolute atomic E-state index is 0.295. The molecule has 0 aliphatic carbocycles. The van der Waals surface area contributed by atoms with Gasteiger partial charge < -0.3 is 9.80 Å². The molecule has 0 aromatic heterocycles. The summed E-state index contributed by atoms with van der Waals surface area (Å²) >= 11 is 0. The molecule has 0 aromatic carbocycles. The summed E-state index contributed by atoms with van der Waals surface area (Å²) in [5.74, 6) is 0.295. The van der Waals surface area contributed by atoms with E-state index in [1.165, 1.54) is 0 Å². The second-order valence-corrected chi connectivity index (χ2v) is 3.00. The van der Waals surface area contributed by atoms with Crippen LogP contribution in [0.2, 0.25) is 0 Å². The summed E-state index contributed by atoms with van der Waals surface area (Å²) in [7, 11) is 4.10. The predicted octanol–water partition coefficient (Wildman–Crippen LogP) is -0.132. The van der Waals surface area contributed by atoms with Gasteiger partial charge in [0.15, 0.2) is 0 Å². The maximum Gasteiger partial charge on any atom is 0.217 e. The van der Waals surface area contributed by atoms with Crippen LogP contribution in [-0.2, 0) is 0 Å². The Balaban J connectivity index is 2.29. The van der Waals surface area contributed by atoms with Crippen molar-refractivity contribution in [1.82, 2.24) is 9.80 Å². The van der Waals surface area contributed by atoms with Crippen molar-refractivity contribution >= 4 is 12.7 Å². The molecule has 1 heterocycles. The summed E-state index contributed by atoms with van der Waals surface area (Å²) in [5.41, 5.74) is 0. The Labute approximate surface area is 67.0 Å². The van der Waals surface area contributed by atoms with E-state index in [1.807, 2.05) is 19.0 Å². The number of likely N-dealkylation sites (N-methyl/N-ethyl adjacent to an activating group) is 1. The lowest BCUT2D eigenvalue weighted by Gasteiger charge is -2.42. The maximum atomic E-state index is 7.30. The van der Waals surface area contributed by atoms with Crippen LogP contribution in [0.3, 0.4) is 0 Å². The molecule has 0 atom stereocenters. The molecule has 4 heteroatoms. The number of hydrogen-bond acceptors (Lipinski definition) is 2. The average Bonchev–Trinajstić information content (AvgIpc) is 1.83. The average molecular weight is 154 g/mol. The summed E-state index contributed by atoms with van der Waals surface area (Å²) in [6, 6.07) is 0.581. The van der Waals surface area contributed by atoms with E-state index >= 15 is 0 Å². The van der Waals surface area contributed by atoms with Gasteiger partial charge >= 0.3 is 0 Å². The van der Waals surface area contributed by atoms with Gasteiger partial charge in [0.1, 0.15) is 0 Å². The monoisotopic (exact) mass is 154 g/mol. The molecular weight excluding hydrogens is 140 g/mol. The van der Waals surface area contributed by atoms with Crippen molar-refractivity contribution < 1.29 is 0 Å².